The average Bonchev–Trinajstić information content (AvgIpc) is 2.84. The fourth-order valence-corrected chi connectivity index (χ4v) is 3.07. The van der Waals surface area contributed by atoms with Crippen LogP contribution in [0.4, 0.5) is 0 Å². The zero-order valence-corrected chi connectivity index (χ0v) is 16.5. The van der Waals surface area contributed by atoms with E-state index >= 15 is 0 Å². The monoisotopic (exact) mass is 394 g/mol. The molecule has 4 rings (SSSR count). The second-order valence-corrected chi connectivity index (χ2v) is 6.48. The van der Waals surface area contributed by atoms with Crippen molar-refractivity contribution >= 4 is 0 Å². The molecule has 0 aliphatic heterocycles. The van der Waals surface area contributed by atoms with Gasteiger partial charge in [-0.3, -0.25) is 0 Å². The first kappa shape index (κ1) is 19.1. The van der Waals surface area contributed by atoms with E-state index in [0.717, 1.165) is 28.2 Å². The number of hydrogen-bond acceptors (Lipinski definition) is 6. The summed E-state index contributed by atoms with van der Waals surface area (Å²) < 4.78 is 10.5. The van der Waals surface area contributed by atoms with E-state index in [-0.39, 0.29) is 0 Å². The Morgan fingerprint density at radius 3 is 1.87 bits per heavy atom. The Kier molecular flexibility index (Phi) is 5.35. The van der Waals surface area contributed by atoms with Crippen LogP contribution in [0.3, 0.4) is 0 Å². The summed E-state index contributed by atoms with van der Waals surface area (Å²) in [6, 6.07) is 24.5. The van der Waals surface area contributed by atoms with Crippen LogP contribution in [0.2, 0.25) is 0 Å². The van der Waals surface area contributed by atoms with Gasteiger partial charge in [0.15, 0.2) is 5.82 Å². The van der Waals surface area contributed by atoms with E-state index in [1.807, 2.05) is 60.7 Å². The highest BCUT2D eigenvalue weighted by Crippen LogP contribution is 2.32. The first-order valence-electron chi connectivity index (χ1n) is 9.26. The third-order valence-electron chi connectivity index (χ3n) is 4.66. The van der Waals surface area contributed by atoms with Crippen molar-refractivity contribution in [3.8, 4) is 51.5 Å². The fraction of sp³-hybridized carbons (Fsp3) is 0.0833. The Hall–Kier alpha value is -4.24. The van der Waals surface area contributed by atoms with Crippen LogP contribution >= 0.6 is 0 Å². The molecule has 0 fully saturated rings. The highest BCUT2D eigenvalue weighted by atomic mass is 16.5. The number of rotatable bonds is 5. The van der Waals surface area contributed by atoms with Gasteiger partial charge in [-0.1, -0.05) is 12.1 Å². The van der Waals surface area contributed by atoms with Crippen molar-refractivity contribution in [3.63, 3.8) is 0 Å². The smallest absolute Gasteiger partial charge is 0.182 e. The summed E-state index contributed by atoms with van der Waals surface area (Å²) in [4.78, 5) is 4.81. The third-order valence-corrected chi connectivity index (χ3v) is 4.66. The zero-order valence-electron chi connectivity index (χ0n) is 16.5. The van der Waals surface area contributed by atoms with E-state index < -0.39 is 0 Å². The lowest BCUT2D eigenvalue weighted by molar-refractivity contribution is 0.414. The molecule has 0 spiro atoms. The minimum absolute atomic E-state index is 0.454. The Morgan fingerprint density at radius 1 is 0.700 bits per heavy atom. The second kappa shape index (κ2) is 8.41. The Labute approximate surface area is 174 Å². The maximum Gasteiger partial charge on any atom is 0.182 e. The summed E-state index contributed by atoms with van der Waals surface area (Å²) in [5, 5.41) is 18.0. The molecule has 0 atom stereocenters. The molecule has 0 aliphatic rings. The standard InChI is InChI=1S/C24H18N4O2/c1-29-20-10-6-17(7-11-20)22-23(18-8-12-21(30-2)13-9-18)27-28-24(26-22)19-5-3-4-16(14-19)15-25/h3-14H,1-2H3. The molecule has 3 aromatic carbocycles. The molecule has 4 aromatic rings. The van der Waals surface area contributed by atoms with E-state index in [2.05, 4.69) is 16.3 Å². The molecule has 1 aromatic heterocycles. The maximum atomic E-state index is 9.20. The van der Waals surface area contributed by atoms with Crippen molar-refractivity contribution in [3.05, 3.63) is 78.4 Å². The molecule has 0 bridgehead atoms. The van der Waals surface area contributed by atoms with Crippen molar-refractivity contribution in [2.75, 3.05) is 14.2 Å². The van der Waals surface area contributed by atoms with Gasteiger partial charge in [0, 0.05) is 16.7 Å². The number of nitriles is 1. The molecule has 146 valence electrons. The minimum atomic E-state index is 0.454. The molecule has 0 N–H and O–H groups in total. The van der Waals surface area contributed by atoms with Crippen molar-refractivity contribution in [1.82, 2.24) is 15.2 Å². The molecule has 30 heavy (non-hydrogen) atoms. The normalized spacial score (nSPS) is 10.3. The largest absolute Gasteiger partial charge is 0.497 e. The van der Waals surface area contributed by atoms with Crippen molar-refractivity contribution < 1.29 is 9.47 Å². The number of aromatic nitrogens is 3. The van der Waals surface area contributed by atoms with Crippen molar-refractivity contribution in [2.45, 2.75) is 0 Å². The lowest BCUT2D eigenvalue weighted by Crippen LogP contribution is -2.00. The van der Waals surface area contributed by atoms with Crippen LogP contribution in [0.25, 0.3) is 33.9 Å². The Bertz CT molecular complexity index is 1210. The summed E-state index contributed by atoms with van der Waals surface area (Å²) in [6.07, 6.45) is 0. The first-order valence-corrected chi connectivity index (χ1v) is 9.26. The topological polar surface area (TPSA) is 80.9 Å². The summed E-state index contributed by atoms with van der Waals surface area (Å²) in [7, 11) is 3.26. The van der Waals surface area contributed by atoms with Gasteiger partial charge in [0.05, 0.1) is 25.9 Å². The maximum absolute atomic E-state index is 9.20. The SMILES string of the molecule is COc1ccc(-c2nnc(-c3cccc(C#N)c3)nc2-c2ccc(OC)cc2)cc1. The predicted molar refractivity (Wildman–Crippen MR) is 114 cm³/mol. The number of methoxy groups -OCH3 is 2. The third kappa shape index (κ3) is 3.82. The van der Waals surface area contributed by atoms with Crippen LogP contribution in [-0.4, -0.2) is 29.4 Å². The van der Waals surface area contributed by atoms with Gasteiger partial charge in [-0.2, -0.15) is 5.26 Å². The molecule has 0 saturated heterocycles. The van der Waals surface area contributed by atoms with Gasteiger partial charge in [0.1, 0.15) is 22.9 Å². The molecule has 0 saturated carbocycles. The van der Waals surface area contributed by atoms with Crippen LogP contribution in [0, 0.1) is 11.3 Å². The van der Waals surface area contributed by atoms with Crippen molar-refractivity contribution in [1.29, 1.82) is 5.26 Å². The molecule has 0 unspecified atom stereocenters. The molecule has 0 radical (unpaired) electrons. The van der Waals surface area contributed by atoms with E-state index in [0.29, 0.717) is 22.8 Å². The fourth-order valence-electron chi connectivity index (χ4n) is 3.07. The van der Waals surface area contributed by atoms with Crippen LogP contribution in [0.1, 0.15) is 5.56 Å². The number of nitrogens with zero attached hydrogens (tertiary/aromatic N) is 4. The number of ether oxygens (including phenoxy) is 2. The van der Waals surface area contributed by atoms with Crippen molar-refractivity contribution in [2.24, 2.45) is 0 Å². The Balaban J connectivity index is 1.87. The molecule has 6 heteroatoms. The van der Waals surface area contributed by atoms with Gasteiger partial charge in [-0.15, -0.1) is 10.2 Å². The van der Waals surface area contributed by atoms with Gasteiger partial charge in [0.2, 0.25) is 0 Å². The first-order chi connectivity index (χ1) is 14.7. The highest BCUT2D eigenvalue weighted by molar-refractivity contribution is 5.79. The molecule has 0 aliphatic carbocycles. The molecule has 1 heterocycles. The van der Waals surface area contributed by atoms with Crippen LogP contribution in [0.15, 0.2) is 72.8 Å². The summed E-state index contributed by atoms with van der Waals surface area (Å²) in [5.41, 5.74) is 4.38. The lowest BCUT2D eigenvalue weighted by atomic mass is 10.0. The Morgan fingerprint density at radius 2 is 1.30 bits per heavy atom. The van der Waals surface area contributed by atoms with Gasteiger partial charge in [0.25, 0.3) is 0 Å². The van der Waals surface area contributed by atoms with E-state index in [9.17, 15) is 5.26 Å². The van der Waals surface area contributed by atoms with Gasteiger partial charge >= 0.3 is 0 Å². The van der Waals surface area contributed by atoms with Crippen LogP contribution in [0.5, 0.6) is 11.5 Å². The van der Waals surface area contributed by atoms with Crippen LogP contribution < -0.4 is 9.47 Å². The number of hydrogen-bond donors (Lipinski definition) is 0. The van der Waals surface area contributed by atoms with Gasteiger partial charge in [-0.05, 0) is 60.7 Å². The number of benzene rings is 3. The zero-order chi connectivity index (χ0) is 20.9. The lowest BCUT2D eigenvalue weighted by Gasteiger charge is -2.11. The molecular formula is C24H18N4O2. The summed E-state index contributed by atoms with van der Waals surface area (Å²) >= 11 is 0. The molecule has 0 amide bonds. The quantitative estimate of drug-likeness (QED) is 0.485. The molecule has 6 nitrogen and oxygen atoms in total. The molecular weight excluding hydrogens is 376 g/mol. The summed E-state index contributed by atoms with van der Waals surface area (Å²) in [6.45, 7) is 0. The van der Waals surface area contributed by atoms with E-state index in [1.54, 1.807) is 26.4 Å². The highest BCUT2D eigenvalue weighted by Gasteiger charge is 2.15. The predicted octanol–water partition coefficient (Wildman–Crippen LogP) is 4.76. The second-order valence-electron chi connectivity index (χ2n) is 6.48. The van der Waals surface area contributed by atoms with E-state index in [4.69, 9.17) is 14.5 Å². The minimum Gasteiger partial charge on any atom is -0.497 e. The average molecular weight is 394 g/mol. The van der Waals surface area contributed by atoms with Gasteiger partial charge < -0.3 is 9.47 Å². The summed E-state index contributed by atoms with van der Waals surface area (Å²) in [5.74, 6) is 1.97. The van der Waals surface area contributed by atoms with Crippen LogP contribution in [-0.2, 0) is 0 Å². The van der Waals surface area contributed by atoms with E-state index in [1.165, 1.54) is 0 Å². The van der Waals surface area contributed by atoms with Gasteiger partial charge in [-0.25, -0.2) is 4.98 Å².